The number of rotatable bonds is 3. The summed E-state index contributed by atoms with van der Waals surface area (Å²) < 4.78 is 28.2. The van der Waals surface area contributed by atoms with Crippen molar-refractivity contribution in [1.82, 2.24) is 9.97 Å². The zero-order valence-corrected chi connectivity index (χ0v) is 7.55. The van der Waals surface area contributed by atoms with Crippen LogP contribution in [-0.4, -0.2) is 23.0 Å². The molecule has 1 heterocycles. The maximum absolute atomic E-state index is 11.8. The zero-order chi connectivity index (χ0) is 9.84. The van der Waals surface area contributed by atoms with Crippen LogP contribution < -0.4 is 4.74 Å². The number of hydrogen-bond acceptors (Lipinski definition) is 3. The number of hydrogen-bond donors (Lipinski definition) is 0. The van der Waals surface area contributed by atoms with Crippen LogP contribution in [0.5, 0.6) is 5.88 Å². The summed E-state index contributed by atoms with van der Waals surface area (Å²) in [5, 5.41) is 0.208. The molecule has 0 saturated heterocycles. The van der Waals surface area contributed by atoms with Gasteiger partial charge in [0.2, 0.25) is 5.88 Å². The molecule has 0 N–H and O–H groups in total. The molecule has 1 aromatic rings. The molecule has 0 aromatic carbocycles. The predicted molar refractivity (Wildman–Crippen MR) is 43.3 cm³/mol. The summed E-state index contributed by atoms with van der Waals surface area (Å²) >= 11 is 5.61. The fourth-order valence-electron chi connectivity index (χ4n) is 0.701. The number of ether oxygens (including phenoxy) is 1. The number of nitrogens with zero attached hydrogens (tertiary/aromatic N) is 2. The Morgan fingerprint density at radius 1 is 1.54 bits per heavy atom. The second-order valence-electron chi connectivity index (χ2n) is 2.30. The second-order valence-corrected chi connectivity index (χ2v) is 2.65. The molecule has 3 nitrogen and oxygen atoms in total. The van der Waals surface area contributed by atoms with Gasteiger partial charge in [0.1, 0.15) is 11.5 Å². The first-order valence-corrected chi connectivity index (χ1v) is 3.87. The molecule has 0 atom stereocenters. The van der Waals surface area contributed by atoms with Crippen molar-refractivity contribution < 1.29 is 13.5 Å². The molecule has 0 fully saturated rings. The van der Waals surface area contributed by atoms with E-state index in [0.29, 0.717) is 5.56 Å². The van der Waals surface area contributed by atoms with E-state index in [1.165, 1.54) is 0 Å². The van der Waals surface area contributed by atoms with Gasteiger partial charge in [0.05, 0.1) is 0 Å². The van der Waals surface area contributed by atoms with Gasteiger partial charge in [-0.05, 0) is 6.92 Å². The molecular weight excluding hydrogens is 202 g/mol. The highest BCUT2D eigenvalue weighted by Gasteiger charge is 2.09. The molecule has 0 radical (unpaired) electrons. The number of alkyl halides is 2. The highest BCUT2D eigenvalue weighted by atomic mass is 35.5. The summed E-state index contributed by atoms with van der Waals surface area (Å²) in [6.07, 6.45) is -1.36. The van der Waals surface area contributed by atoms with Crippen LogP contribution in [-0.2, 0) is 0 Å². The first kappa shape index (κ1) is 10.1. The van der Waals surface area contributed by atoms with Crippen molar-refractivity contribution in [3.05, 3.63) is 17.0 Å². The zero-order valence-electron chi connectivity index (χ0n) is 6.80. The first-order chi connectivity index (χ1) is 6.11. The molecule has 1 aromatic heterocycles. The Bertz CT molecular complexity index is 296. The van der Waals surface area contributed by atoms with Crippen molar-refractivity contribution in [3.63, 3.8) is 0 Å². The Labute approximate surface area is 78.7 Å². The number of halogens is 3. The molecule has 0 bridgehead atoms. The smallest absolute Gasteiger partial charge is 0.272 e. The lowest BCUT2D eigenvalue weighted by Crippen LogP contribution is -2.09. The van der Waals surface area contributed by atoms with Crippen molar-refractivity contribution in [3.8, 4) is 5.88 Å². The van der Waals surface area contributed by atoms with Gasteiger partial charge >= 0.3 is 0 Å². The molecule has 6 heteroatoms. The maximum atomic E-state index is 11.8. The Kier molecular flexibility index (Phi) is 3.36. The van der Waals surface area contributed by atoms with Crippen molar-refractivity contribution in [2.24, 2.45) is 0 Å². The molecule has 0 amide bonds. The minimum absolute atomic E-state index is 0.0975. The van der Waals surface area contributed by atoms with E-state index in [1.54, 1.807) is 6.92 Å². The standard InChI is InChI=1S/C7H7ClF2N2O/c1-4-6(8)11-3-12-7(4)13-2-5(9)10/h3,5H,2H2,1H3. The highest BCUT2D eigenvalue weighted by Crippen LogP contribution is 2.20. The van der Waals surface area contributed by atoms with Gasteiger partial charge in [-0.1, -0.05) is 11.6 Å². The van der Waals surface area contributed by atoms with Gasteiger partial charge in [-0.3, -0.25) is 0 Å². The summed E-state index contributed by atoms with van der Waals surface area (Å²) in [6.45, 7) is 0.914. The molecule has 0 saturated carbocycles. The summed E-state index contributed by atoms with van der Waals surface area (Å²) in [5.74, 6) is 0.0975. The summed E-state index contributed by atoms with van der Waals surface area (Å²) in [4.78, 5) is 7.31. The van der Waals surface area contributed by atoms with Crippen LogP contribution in [0.2, 0.25) is 5.15 Å². The lowest BCUT2D eigenvalue weighted by molar-refractivity contribution is 0.0791. The van der Waals surface area contributed by atoms with Crippen LogP contribution in [0.4, 0.5) is 8.78 Å². The summed E-state index contributed by atoms with van der Waals surface area (Å²) in [5.41, 5.74) is 0.463. The lowest BCUT2D eigenvalue weighted by Gasteiger charge is -2.06. The van der Waals surface area contributed by atoms with Gasteiger partial charge in [-0.2, -0.15) is 0 Å². The fourth-order valence-corrected chi connectivity index (χ4v) is 0.826. The summed E-state index contributed by atoms with van der Waals surface area (Å²) in [6, 6.07) is 0. The van der Waals surface area contributed by atoms with Crippen LogP contribution in [0.25, 0.3) is 0 Å². The lowest BCUT2D eigenvalue weighted by atomic mass is 10.4. The summed E-state index contributed by atoms with van der Waals surface area (Å²) in [7, 11) is 0. The second kappa shape index (κ2) is 4.32. The fraction of sp³-hybridized carbons (Fsp3) is 0.429. The minimum atomic E-state index is -2.52. The average Bonchev–Trinajstić information content (AvgIpc) is 2.07. The molecule has 1 rings (SSSR count). The van der Waals surface area contributed by atoms with Crippen molar-refractivity contribution in [2.75, 3.05) is 6.61 Å². The van der Waals surface area contributed by atoms with E-state index in [2.05, 4.69) is 9.97 Å². The minimum Gasteiger partial charge on any atom is -0.471 e. The third kappa shape index (κ3) is 2.77. The Morgan fingerprint density at radius 2 is 2.23 bits per heavy atom. The maximum Gasteiger partial charge on any atom is 0.272 e. The largest absolute Gasteiger partial charge is 0.471 e. The molecule has 0 aliphatic rings. The monoisotopic (exact) mass is 208 g/mol. The van der Waals surface area contributed by atoms with Gasteiger partial charge in [0.25, 0.3) is 6.43 Å². The first-order valence-electron chi connectivity index (χ1n) is 3.49. The molecule has 0 spiro atoms. The molecule has 13 heavy (non-hydrogen) atoms. The van der Waals surface area contributed by atoms with E-state index in [1.807, 2.05) is 0 Å². The number of aromatic nitrogens is 2. The quantitative estimate of drug-likeness (QED) is 0.714. The van der Waals surface area contributed by atoms with E-state index in [4.69, 9.17) is 16.3 Å². The van der Waals surface area contributed by atoms with Crippen molar-refractivity contribution >= 4 is 11.6 Å². The van der Waals surface area contributed by atoms with E-state index >= 15 is 0 Å². The Morgan fingerprint density at radius 3 is 2.85 bits per heavy atom. The van der Waals surface area contributed by atoms with E-state index in [9.17, 15) is 8.78 Å². The SMILES string of the molecule is Cc1c(Cl)ncnc1OCC(F)F. The Hall–Kier alpha value is -0.970. The molecule has 72 valence electrons. The highest BCUT2D eigenvalue weighted by molar-refractivity contribution is 6.30. The van der Waals surface area contributed by atoms with Crippen LogP contribution >= 0.6 is 11.6 Å². The average molecular weight is 209 g/mol. The van der Waals surface area contributed by atoms with E-state index in [0.717, 1.165) is 6.33 Å². The topological polar surface area (TPSA) is 35.0 Å². The van der Waals surface area contributed by atoms with Crippen molar-refractivity contribution in [1.29, 1.82) is 0 Å². The third-order valence-electron chi connectivity index (χ3n) is 1.32. The van der Waals surface area contributed by atoms with Crippen LogP contribution in [0.3, 0.4) is 0 Å². The van der Waals surface area contributed by atoms with Gasteiger partial charge in [0.15, 0.2) is 6.61 Å². The third-order valence-corrected chi connectivity index (χ3v) is 1.70. The van der Waals surface area contributed by atoms with Gasteiger partial charge in [-0.25, -0.2) is 18.7 Å². The van der Waals surface area contributed by atoms with Gasteiger partial charge in [-0.15, -0.1) is 0 Å². The van der Waals surface area contributed by atoms with Gasteiger partial charge in [0, 0.05) is 5.56 Å². The molecular formula is C7H7ClF2N2O. The van der Waals surface area contributed by atoms with E-state index in [-0.39, 0.29) is 11.0 Å². The normalized spacial score (nSPS) is 10.5. The van der Waals surface area contributed by atoms with E-state index < -0.39 is 13.0 Å². The van der Waals surface area contributed by atoms with Crippen LogP contribution in [0.15, 0.2) is 6.33 Å². The Balaban J connectivity index is 2.71. The van der Waals surface area contributed by atoms with Crippen LogP contribution in [0, 0.1) is 6.92 Å². The van der Waals surface area contributed by atoms with Crippen molar-refractivity contribution in [2.45, 2.75) is 13.3 Å². The van der Waals surface area contributed by atoms with Crippen LogP contribution in [0.1, 0.15) is 5.56 Å². The molecule has 0 unspecified atom stereocenters. The molecule has 0 aliphatic carbocycles. The van der Waals surface area contributed by atoms with Gasteiger partial charge < -0.3 is 4.74 Å². The molecule has 0 aliphatic heterocycles. The predicted octanol–water partition coefficient (Wildman–Crippen LogP) is 2.08.